The van der Waals surface area contributed by atoms with E-state index in [9.17, 15) is 4.79 Å². The minimum atomic E-state index is -0.00847. The zero-order valence-corrected chi connectivity index (χ0v) is 12.8. The van der Waals surface area contributed by atoms with Gasteiger partial charge in [-0.25, -0.2) is 9.78 Å². The minimum absolute atomic E-state index is 0.00847. The van der Waals surface area contributed by atoms with Gasteiger partial charge in [0.15, 0.2) is 0 Å². The number of amides is 2. The number of rotatable bonds is 3. The molecule has 1 atom stereocenters. The number of aromatic amines is 1. The third-order valence-electron chi connectivity index (χ3n) is 3.79. The van der Waals surface area contributed by atoms with Gasteiger partial charge in [-0.15, -0.1) is 0 Å². The maximum atomic E-state index is 12.3. The number of imidazole rings is 1. The van der Waals surface area contributed by atoms with Crippen molar-refractivity contribution in [3.63, 3.8) is 0 Å². The van der Waals surface area contributed by atoms with E-state index in [-0.39, 0.29) is 12.1 Å². The lowest BCUT2D eigenvalue weighted by Crippen LogP contribution is -2.52. The standard InChI is InChI=1S/C14H19N5OS/c1-18-5-6-19(9-12(18)13-15-3-4-16-13)14(20)17-8-11-2-7-21-10-11/h2-4,7,10,12H,5-6,8-9H2,1H3,(H,15,16)(H,17,20). The van der Waals surface area contributed by atoms with Crippen molar-refractivity contribution < 1.29 is 4.79 Å². The monoisotopic (exact) mass is 305 g/mol. The predicted octanol–water partition coefficient (Wildman–Crippen LogP) is 1.67. The van der Waals surface area contributed by atoms with Crippen LogP contribution >= 0.6 is 11.3 Å². The molecule has 1 saturated heterocycles. The lowest BCUT2D eigenvalue weighted by Gasteiger charge is -2.38. The molecule has 0 aromatic carbocycles. The maximum absolute atomic E-state index is 12.3. The maximum Gasteiger partial charge on any atom is 0.317 e. The minimum Gasteiger partial charge on any atom is -0.347 e. The number of aromatic nitrogens is 2. The quantitative estimate of drug-likeness (QED) is 0.906. The van der Waals surface area contributed by atoms with Gasteiger partial charge >= 0.3 is 6.03 Å². The summed E-state index contributed by atoms with van der Waals surface area (Å²) in [5.74, 6) is 0.910. The number of hydrogen-bond acceptors (Lipinski definition) is 4. The Hall–Kier alpha value is -1.86. The van der Waals surface area contributed by atoms with E-state index in [0.717, 1.165) is 24.5 Å². The molecule has 7 heteroatoms. The highest BCUT2D eigenvalue weighted by Gasteiger charge is 2.29. The summed E-state index contributed by atoms with van der Waals surface area (Å²) in [7, 11) is 2.06. The number of carbonyl (C=O) groups is 1. The van der Waals surface area contributed by atoms with E-state index in [1.54, 1.807) is 17.5 Å². The Morgan fingerprint density at radius 3 is 3.19 bits per heavy atom. The molecule has 2 aromatic heterocycles. The van der Waals surface area contributed by atoms with Gasteiger partial charge < -0.3 is 15.2 Å². The van der Waals surface area contributed by atoms with Crippen molar-refractivity contribution in [3.8, 4) is 0 Å². The Morgan fingerprint density at radius 2 is 2.48 bits per heavy atom. The first-order valence-corrected chi connectivity index (χ1v) is 7.91. The summed E-state index contributed by atoms with van der Waals surface area (Å²) in [4.78, 5) is 23.8. The topological polar surface area (TPSA) is 64.3 Å². The lowest BCUT2D eigenvalue weighted by molar-refractivity contribution is 0.106. The molecule has 1 fully saturated rings. The van der Waals surface area contributed by atoms with Crippen LogP contribution in [0.3, 0.4) is 0 Å². The summed E-state index contributed by atoms with van der Waals surface area (Å²) in [6.07, 6.45) is 3.57. The summed E-state index contributed by atoms with van der Waals surface area (Å²) in [6.45, 7) is 2.82. The Balaban J connectivity index is 1.59. The molecular weight excluding hydrogens is 286 g/mol. The molecule has 2 amide bonds. The first kappa shape index (κ1) is 14.1. The largest absolute Gasteiger partial charge is 0.347 e. The van der Waals surface area contributed by atoms with Crippen LogP contribution in [0.5, 0.6) is 0 Å². The second-order valence-electron chi connectivity index (χ2n) is 5.21. The number of likely N-dealkylation sites (N-methyl/N-ethyl adjacent to an activating group) is 1. The third kappa shape index (κ3) is 3.25. The molecule has 1 aliphatic heterocycles. The number of H-pyrrole nitrogens is 1. The summed E-state index contributed by atoms with van der Waals surface area (Å²) in [6, 6.07) is 2.15. The fourth-order valence-corrected chi connectivity index (χ4v) is 3.16. The van der Waals surface area contributed by atoms with E-state index in [2.05, 4.69) is 32.6 Å². The first-order valence-electron chi connectivity index (χ1n) is 6.97. The summed E-state index contributed by atoms with van der Waals surface area (Å²) < 4.78 is 0. The second-order valence-corrected chi connectivity index (χ2v) is 5.99. The fraction of sp³-hybridized carbons (Fsp3) is 0.429. The number of piperazine rings is 1. The highest BCUT2D eigenvalue weighted by atomic mass is 32.1. The Morgan fingerprint density at radius 1 is 1.57 bits per heavy atom. The molecule has 21 heavy (non-hydrogen) atoms. The van der Waals surface area contributed by atoms with E-state index in [0.29, 0.717) is 13.1 Å². The second kappa shape index (κ2) is 6.28. The van der Waals surface area contributed by atoms with Crippen LogP contribution < -0.4 is 5.32 Å². The fourth-order valence-electron chi connectivity index (χ4n) is 2.50. The number of nitrogens with one attached hydrogen (secondary N) is 2. The average Bonchev–Trinajstić information content (AvgIpc) is 3.18. The normalized spacial score (nSPS) is 19.7. The molecule has 3 rings (SSSR count). The van der Waals surface area contributed by atoms with Crippen molar-refractivity contribution in [1.82, 2.24) is 25.1 Å². The highest BCUT2D eigenvalue weighted by molar-refractivity contribution is 7.07. The zero-order chi connectivity index (χ0) is 14.7. The van der Waals surface area contributed by atoms with Crippen LogP contribution in [0.4, 0.5) is 4.79 Å². The Bertz CT molecular complexity index is 568. The van der Waals surface area contributed by atoms with Crippen molar-refractivity contribution in [2.75, 3.05) is 26.7 Å². The van der Waals surface area contributed by atoms with Crippen molar-refractivity contribution in [1.29, 1.82) is 0 Å². The molecule has 0 spiro atoms. The van der Waals surface area contributed by atoms with Crippen molar-refractivity contribution in [3.05, 3.63) is 40.6 Å². The van der Waals surface area contributed by atoms with Gasteiger partial charge in [0.2, 0.25) is 0 Å². The van der Waals surface area contributed by atoms with Gasteiger partial charge in [-0.05, 0) is 29.4 Å². The van der Waals surface area contributed by atoms with E-state index in [4.69, 9.17) is 0 Å². The van der Waals surface area contributed by atoms with Gasteiger partial charge in [-0.1, -0.05) is 0 Å². The average molecular weight is 305 g/mol. The molecule has 6 nitrogen and oxygen atoms in total. The van der Waals surface area contributed by atoms with Crippen LogP contribution in [-0.4, -0.2) is 52.5 Å². The summed E-state index contributed by atoms with van der Waals surface area (Å²) in [5.41, 5.74) is 1.14. The molecule has 2 aromatic rings. The van der Waals surface area contributed by atoms with Gasteiger partial charge in [0.1, 0.15) is 5.82 Å². The predicted molar refractivity (Wildman–Crippen MR) is 82.1 cm³/mol. The molecule has 1 aliphatic rings. The van der Waals surface area contributed by atoms with E-state index >= 15 is 0 Å². The molecule has 112 valence electrons. The van der Waals surface area contributed by atoms with Crippen LogP contribution in [0.25, 0.3) is 0 Å². The molecule has 0 bridgehead atoms. The Kier molecular flexibility index (Phi) is 4.21. The van der Waals surface area contributed by atoms with Gasteiger partial charge in [0.05, 0.1) is 6.04 Å². The SMILES string of the molecule is CN1CCN(C(=O)NCc2ccsc2)CC1c1ncc[nH]1. The van der Waals surface area contributed by atoms with Crippen molar-refractivity contribution >= 4 is 17.4 Å². The summed E-state index contributed by atoms with van der Waals surface area (Å²) >= 11 is 1.64. The van der Waals surface area contributed by atoms with Crippen molar-refractivity contribution in [2.24, 2.45) is 0 Å². The van der Waals surface area contributed by atoms with Gasteiger partial charge in [-0.3, -0.25) is 4.90 Å². The van der Waals surface area contributed by atoms with Gasteiger partial charge in [0.25, 0.3) is 0 Å². The van der Waals surface area contributed by atoms with Crippen LogP contribution in [0.1, 0.15) is 17.4 Å². The molecule has 0 radical (unpaired) electrons. The first-order chi connectivity index (χ1) is 10.2. The Labute approximate surface area is 127 Å². The molecular formula is C14H19N5OS. The smallest absolute Gasteiger partial charge is 0.317 e. The van der Waals surface area contributed by atoms with Gasteiger partial charge in [-0.2, -0.15) is 11.3 Å². The van der Waals surface area contributed by atoms with Crippen LogP contribution in [0.15, 0.2) is 29.2 Å². The molecule has 3 heterocycles. The molecule has 0 aliphatic carbocycles. The number of thiophene rings is 1. The van der Waals surface area contributed by atoms with E-state index in [1.807, 2.05) is 22.5 Å². The molecule has 1 unspecified atom stereocenters. The van der Waals surface area contributed by atoms with Crippen LogP contribution in [0.2, 0.25) is 0 Å². The number of urea groups is 1. The number of carbonyl (C=O) groups excluding carboxylic acids is 1. The molecule has 0 saturated carbocycles. The molecule has 2 N–H and O–H groups in total. The third-order valence-corrected chi connectivity index (χ3v) is 4.53. The number of hydrogen-bond donors (Lipinski definition) is 2. The van der Waals surface area contributed by atoms with Crippen molar-refractivity contribution in [2.45, 2.75) is 12.6 Å². The highest BCUT2D eigenvalue weighted by Crippen LogP contribution is 2.20. The van der Waals surface area contributed by atoms with E-state index < -0.39 is 0 Å². The van der Waals surface area contributed by atoms with E-state index in [1.165, 1.54) is 0 Å². The van der Waals surface area contributed by atoms with Crippen LogP contribution in [-0.2, 0) is 6.54 Å². The zero-order valence-electron chi connectivity index (χ0n) is 12.0. The lowest BCUT2D eigenvalue weighted by atomic mass is 10.1. The number of nitrogens with zero attached hydrogens (tertiary/aromatic N) is 3. The summed E-state index contributed by atoms with van der Waals surface area (Å²) in [5, 5.41) is 7.05. The van der Waals surface area contributed by atoms with Gasteiger partial charge in [0, 0.05) is 38.6 Å². The van der Waals surface area contributed by atoms with Crippen LogP contribution in [0, 0.1) is 0 Å².